The predicted molar refractivity (Wildman–Crippen MR) is 41.8 cm³/mol. The van der Waals surface area contributed by atoms with Crippen molar-refractivity contribution < 1.29 is 4.74 Å². The van der Waals surface area contributed by atoms with Crippen LogP contribution in [0.5, 0.6) is 0 Å². The molecule has 0 saturated carbocycles. The van der Waals surface area contributed by atoms with E-state index in [2.05, 4.69) is 18.7 Å². The summed E-state index contributed by atoms with van der Waals surface area (Å²) < 4.78 is 5.22. The largest absolute Gasteiger partial charge is 0.379 e. The number of hydrogen-bond donors (Lipinski definition) is 0. The first kappa shape index (κ1) is 8.02. The van der Waals surface area contributed by atoms with Gasteiger partial charge in [0.25, 0.3) is 0 Å². The fourth-order valence-electron chi connectivity index (χ4n) is 1.22. The number of morpholine rings is 1. The van der Waals surface area contributed by atoms with Crippen molar-refractivity contribution in [2.75, 3.05) is 32.8 Å². The molecule has 0 aromatic rings. The average molecular weight is 142 g/mol. The highest BCUT2D eigenvalue weighted by Crippen LogP contribution is 2.00. The third-order valence-electron chi connectivity index (χ3n) is 1.67. The molecule has 1 heterocycles. The Labute approximate surface area is 63.2 Å². The van der Waals surface area contributed by atoms with Gasteiger partial charge in [0.15, 0.2) is 0 Å². The van der Waals surface area contributed by atoms with Crippen molar-refractivity contribution in [1.82, 2.24) is 4.90 Å². The molecule has 2 nitrogen and oxygen atoms in total. The smallest absolute Gasteiger partial charge is 0.0594 e. The van der Waals surface area contributed by atoms with Crippen LogP contribution in [0.2, 0.25) is 0 Å². The van der Waals surface area contributed by atoms with E-state index in [9.17, 15) is 0 Å². The maximum atomic E-state index is 5.22. The van der Waals surface area contributed by atoms with Gasteiger partial charge in [-0.3, -0.25) is 4.90 Å². The van der Waals surface area contributed by atoms with Crippen LogP contribution in [0.25, 0.3) is 0 Å². The van der Waals surface area contributed by atoms with E-state index in [0.717, 1.165) is 32.8 Å². The Morgan fingerprint density at radius 2 is 2.10 bits per heavy atom. The molecule has 1 radical (unpaired) electrons. The third-order valence-corrected chi connectivity index (χ3v) is 1.67. The van der Waals surface area contributed by atoms with E-state index >= 15 is 0 Å². The second-order valence-electron chi connectivity index (χ2n) is 3.02. The van der Waals surface area contributed by atoms with E-state index in [1.165, 1.54) is 0 Å². The SMILES string of the molecule is [CH2]C(C)CN1CCOCC1. The molecule has 0 N–H and O–H groups in total. The topological polar surface area (TPSA) is 12.5 Å². The summed E-state index contributed by atoms with van der Waals surface area (Å²) in [6.07, 6.45) is 0. The quantitative estimate of drug-likeness (QED) is 0.565. The van der Waals surface area contributed by atoms with Crippen LogP contribution in [0.3, 0.4) is 0 Å². The highest BCUT2D eigenvalue weighted by Gasteiger charge is 2.10. The Kier molecular flexibility index (Phi) is 3.16. The number of nitrogens with zero attached hydrogens (tertiary/aromatic N) is 1. The molecule has 59 valence electrons. The van der Waals surface area contributed by atoms with Crippen LogP contribution in [-0.2, 0) is 4.74 Å². The molecule has 0 aromatic carbocycles. The first-order valence-corrected chi connectivity index (χ1v) is 3.92. The van der Waals surface area contributed by atoms with Crippen molar-refractivity contribution in [2.45, 2.75) is 6.92 Å². The first-order chi connectivity index (χ1) is 4.79. The van der Waals surface area contributed by atoms with Crippen molar-refractivity contribution in [2.24, 2.45) is 5.92 Å². The summed E-state index contributed by atoms with van der Waals surface area (Å²) in [4.78, 5) is 2.40. The molecule has 1 aliphatic heterocycles. The van der Waals surface area contributed by atoms with Gasteiger partial charge in [-0.25, -0.2) is 0 Å². The van der Waals surface area contributed by atoms with Crippen LogP contribution >= 0.6 is 0 Å². The van der Waals surface area contributed by atoms with Gasteiger partial charge in [-0.1, -0.05) is 6.92 Å². The van der Waals surface area contributed by atoms with E-state index < -0.39 is 0 Å². The predicted octanol–water partition coefficient (Wildman–Crippen LogP) is 0.789. The van der Waals surface area contributed by atoms with E-state index in [1.807, 2.05) is 0 Å². The van der Waals surface area contributed by atoms with Gasteiger partial charge < -0.3 is 4.74 Å². The van der Waals surface area contributed by atoms with Gasteiger partial charge in [0.05, 0.1) is 13.2 Å². The summed E-state index contributed by atoms with van der Waals surface area (Å²) in [5, 5.41) is 0. The fourth-order valence-corrected chi connectivity index (χ4v) is 1.22. The Balaban J connectivity index is 2.13. The zero-order valence-corrected chi connectivity index (χ0v) is 6.68. The normalized spacial score (nSPS) is 21.9. The van der Waals surface area contributed by atoms with E-state index in [1.54, 1.807) is 0 Å². The highest BCUT2D eigenvalue weighted by atomic mass is 16.5. The fraction of sp³-hybridized carbons (Fsp3) is 0.875. The minimum atomic E-state index is 0.540. The molecule has 1 rings (SSSR count). The van der Waals surface area contributed by atoms with Crippen LogP contribution in [0.1, 0.15) is 6.92 Å². The summed E-state index contributed by atoms with van der Waals surface area (Å²) in [5.74, 6) is 0.540. The van der Waals surface area contributed by atoms with Gasteiger partial charge in [0.1, 0.15) is 0 Å². The third kappa shape index (κ3) is 2.67. The van der Waals surface area contributed by atoms with Crippen molar-refractivity contribution >= 4 is 0 Å². The van der Waals surface area contributed by atoms with Crippen molar-refractivity contribution in [1.29, 1.82) is 0 Å². The minimum Gasteiger partial charge on any atom is -0.379 e. The van der Waals surface area contributed by atoms with Crippen LogP contribution in [-0.4, -0.2) is 37.7 Å². The Bertz CT molecular complexity index is 87.3. The summed E-state index contributed by atoms with van der Waals surface area (Å²) in [6.45, 7) is 11.2. The summed E-state index contributed by atoms with van der Waals surface area (Å²) in [7, 11) is 0. The van der Waals surface area contributed by atoms with E-state index in [-0.39, 0.29) is 0 Å². The van der Waals surface area contributed by atoms with E-state index in [0.29, 0.717) is 5.92 Å². The molecule has 0 aromatic heterocycles. The zero-order chi connectivity index (χ0) is 7.40. The van der Waals surface area contributed by atoms with Gasteiger partial charge in [-0.05, 0) is 12.8 Å². The maximum Gasteiger partial charge on any atom is 0.0594 e. The lowest BCUT2D eigenvalue weighted by Gasteiger charge is -2.27. The lowest BCUT2D eigenvalue weighted by molar-refractivity contribution is 0.0342. The second-order valence-corrected chi connectivity index (χ2v) is 3.02. The first-order valence-electron chi connectivity index (χ1n) is 3.92. The average Bonchev–Trinajstić information content (AvgIpc) is 1.88. The molecule has 2 heteroatoms. The molecule has 0 bridgehead atoms. The van der Waals surface area contributed by atoms with E-state index in [4.69, 9.17) is 4.74 Å². The van der Waals surface area contributed by atoms with Crippen molar-refractivity contribution in [3.05, 3.63) is 6.92 Å². The van der Waals surface area contributed by atoms with Gasteiger partial charge in [0, 0.05) is 19.6 Å². The van der Waals surface area contributed by atoms with Crippen LogP contribution in [0.15, 0.2) is 0 Å². The highest BCUT2D eigenvalue weighted by molar-refractivity contribution is 4.66. The number of rotatable bonds is 2. The van der Waals surface area contributed by atoms with Crippen molar-refractivity contribution in [3.63, 3.8) is 0 Å². The molecule has 1 fully saturated rings. The number of hydrogen-bond acceptors (Lipinski definition) is 2. The van der Waals surface area contributed by atoms with Gasteiger partial charge >= 0.3 is 0 Å². The van der Waals surface area contributed by atoms with Crippen LogP contribution < -0.4 is 0 Å². The summed E-state index contributed by atoms with van der Waals surface area (Å²) in [5.41, 5.74) is 0. The van der Waals surface area contributed by atoms with Gasteiger partial charge in [0.2, 0.25) is 0 Å². The monoisotopic (exact) mass is 142 g/mol. The standard InChI is InChI=1S/C8H16NO/c1-8(2)7-9-3-5-10-6-4-9/h8H,1,3-7H2,2H3. The van der Waals surface area contributed by atoms with Crippen LogP contribution in [0.4, 0.5) is 0 Å². The zero-order valence-electron chi connectivity index (χ0n) is 6.68. The molecule has 0 amide bonds. The lowest BCUT2D eigenvalue weighted by Crippen LogP contribution is -2.38. The number of ether oxygens (including phenoxy) is 1. The molecular formula is C8H16NO. The minimum absolute atomic E-state index is 0.540. The van der Waals surface area contributed by atoms with Gasteiger partial charge in [-0.2, -0.15) is 0 Å². The Hall–Kier alpha value is -0.0800. The Morgan fingerprint density at radius 1 is 1.50 bits per heavy atom. The molecule has 10 heavy (non-hydrogen) atoms. The van der Waals surface area contributed by atoms with Gasteiger partial charge in [-0.15, -0.1) is 0 Å². The second kappa shape index (κ2) is 3.94. The summed E-state index contributed by atoms with van der Waals surface area (Å²) in [6, 6.07) is 0. The maximum absolute atomic E-state index is 5.22. The molecule has 1 atom stereocenters. The molecule has 1 unspecified atom stereocenters. The molecule has 0 aliphatic carbocycles. The molecule has 1 saturated heterocycles. The molecular weight excluding hydrogens is 126 g/mol. The Morgan fingerprint density at radius 3 is 2.60 bits per heavy atom. The molecule has 1 aliphatic rings. The lowest BCUT2D eigenvalue weighted by atomic mass is 10.2. The summed E-state index contributed by atoms with van der Waals surface area (Å²) >= 11 is 0. The van der Waals surface area contributed by atoms with Crippen LogP contribution in [0, 0.1) is 12.8 Å². The molecule has 0 spiro atoms. The van der Waals surface area contributed by atoms with Crippen molar-refractivity contribution in [3.8, 4) is 0 Å².